The Balaban J connectivity index is 1.82. The fourth-order valence-corrected chi connectivity index (χ4v) is 4.13. The fraction of sp³-hybridized carbons (Fsp3) is 0.409. The lowest BCUT2D eigenvalue weighted by Gasteiger charge is -2.33. The predicted molar refractivity (Wildman–Crippen MR) is 117 cm³/mol. The van der Waals surface area contributed by atoms with Crippen LogP contribution in [0.5, 0.6) is 17.2 Å². The van der Waals surface area contributed by atoms with E-state index < -0.39 is 0 Å². The van der Waals surface area contributed by atoms with Crippen molar-refractivity contribution in [2.75, 3.05) is 26.1 Å². The molecule has 0 radical (unpaired) electrons. The standard InChI is InChI=1S/C22H28N2O3S/c1-4-27-18-10-6-5-9-17(18)23-21(28)24-22(13-7-8-14-22)16-11-12-19(25-2)20(15-16)26-3/h5-6,9-12,15H,4,7-8,13-14H2,1-3H3,(H2,23,24,28). The molecule has 0 atom stereocenters. The first-order valence-corrected chi connectivity index (χ1v) is 10.1. The Morgan fingerprint density at radius 3 is 2.39 bits per heavy atom. The maximum absolute atomic E-state index is 5.69. The van der Waals surface area contributed by atoms with E-state index in [1.807, 2.05) is 43.3 Å². The van der Waals surface area contributed by atoms with Crippen LogP contribution in [0.15, 0.2) is 42.5 Å². The number of hydrogen-bond donors (Lipinski definition) is 2. The Morgan fingerprint density at radius 1 is 1.00 bits per heavy atom. The van der Waals surface area contributed by atoms with Crippen LogP contribution in [0, 0.1) is 0 Å². The first-order valence-electron chi connectivity index (χ1n) is 9.65. The van der Waals surface area contributed by atoms with Gasteiger partial charge in [-0.2, -0.15) is 0 Å². The highest BCUT2D eigenvalue weighted by atomic mass is 32.1. The number of anilines is 1. The van der Waals surface area contributed by atoms with Crippen LogP contribution in [0.3, 0.4) is 0 Å². The molecule has 1 saturated carbocycles. The average Bonchev–Trinajstić information content (AvgIpc) is 3.18. The molecule has 2 aromatic rings. The summed E-state index contributed by atoms with van der Waals surface area (Å²) >= 11 is 5.66. The Bertz CT molecular complexity index is 819. The summed E-state index contributed by atoms with van der Waals surface area (Å²) in [6, 6.07) is 13.9. The summed E-state index contributed by atoms with van der Waals surface area (Å²) in [4.78, 5) is 0. The van der Waals surface area contributed by atoms with Gasteiger partial charge in [-0.25, -0.2) is 0 Å². The van der Waals surface area contributed by atoms with Crippen LogP contribution >= 0.6 is 12.2 Å². The fourth-order valence-electron chi connectivity index (χ4n) is 3.82. The summed E-state index contributed by atoms with van der Waals surface area (Å²) in [7, 11) is 3.31. The van der Waals surface area contributed by atoms with Gasteiger partial charge in [0.2, 0.25) is 0 Å². The van der Waals surface area contributed by atoms with Crippen LogP contribution in [-0.2, 0) is 5.54 Å². The van der Waals surface area contributed by atoms with Crippen molar-refractivity contribution in [2.45, 2.75) is 38.1 Å². The third-order valence-electron chi connectivity index (χ3n) is 5.18. The second-order valence-corrected chi connectivity index (χ2v) is 7.28. The molecule has 0 bridgehead atoms. The minimum absolute atomic E-state index is 0.218. The molecule has 3 rings (SSSR count). The highest BCUT2D eigenvalue weighted by Crippen LogP contribution is 2.42. The third-order valence-corrected chi connectivity index (χ3v) is 5.39. The van der Waals surface area contributed by atoms with E-state index in [1.54, 1.807) is 14.2 Å². The molecule has 150 valence electrons. The summed E-state index contributed by atoms with van der Waals surface area (Å²) in [6.45, 7) is 2.58. The van der Waals surface area contributed by atoms with Gasteiger partial charge in [-0.1, -0.05) is 31.0 Å². The molecule has 1 aliphatic rings. The molecule has 2 aromatic carbocycles. The van der Waals surface area contributed by atoms with Gasteiger partial charge in [-0.3, -0.25) is 0 Å². The van der Waals surface area contributed by atoms with Gasteiger partial charge in [0, 0.05) is 0 Å². The second-order valence-electron chi connectivity index (χ2n) is 6.87. The lowest BCUT2D eigenvalue weighted by Crippen LogP contribution is -2.45. The monoisotopic (exact) mass is 400 g/mol. The summed E-state index contributed by atoms with van der Waals surface area (Å²) in [5.74, 6) is 2.25. The number of benzene rings is 2. The van der Waals surface area contributed by atoms with Gasteiger partial charge in [0.25, 0.3) is 0 Å². The van der Waals surface area contributed by atoms with Crippen molar-refractivity contribution in [1.29, 1.82) is 0 Å². The van der Waals surface area contributed by atoms with Crippen molar-refractivity contribution >= 4 is 23.0 Å². The van der Waals surface area contributed by atoms with Crippen molar-refractivity contribution in [3.05, 3.63) is 48.0 Å². The van der Waals surface area contributed by atoms with Crippen LogP contribution in [0.2, 0.25) is 0 Å². The van der Waals surface area contributed by atoms with Crippen molar-refractivity contribution in [3.63, 3.8) is 0 Å². The number of thiocarbonyl (C=S) groups is 1. The molecule has 0 spiro atoms. The van der Waals surface area contributed by atoms with E-state index in [9.17, 15) is 0 Å². The predicted octanol–water partition coefficient (Wildman–Crippen LogP) is 4.86. The molecule has 0 amide bonds. The highest BCUT2D eigenvalue weighted by Gasteiger charge is 2.37. The van der Waals surface area contributed by atoms with Crippen molar-refractivity contribution in [2.24, 2.45) is 0 Å². The molecule has 0 unspecified atom stereocenters. The molecule has 0 aliphatic heterocycles. The zero-order valence-electron chi connectivity index (χ0n) is 16.7. The van der Waals surface area contributed by atoms with E-state index in [2.05, 4.69) is 16.7 Å². The van der Waals surface area contributed by atoms with E-state index in [4.69, 9.17) is 26.4 Å². The molecule has 0 heterocycles. The van der Waals surface area contributed by atoms with E-state index >= 15 is 0 Å². The largest absolute Gasteiger partial charge is 0.493 e. The van der Waals surface area contributed by atoms with Crippen molar-refractivity contribution in [1.82, 2.24) is 5.32 Å². The quantitative estimate of drug-likeness (QED) is 0.648. The van der Waals surface area contributed by atoms with Crippen LogP contribution in [-0.4, -0.2) is 25.9 Å². The number of rotatable bonds is 7. The van der Waals surface area contributed by atoms with Gasteiger partial charge in [-0.15, -0.1) is 0 Å². The van der Waals surface area contributed by atoms with Gasteiger partial charge >= 0.3 is 0 Å². The second kappa shape index (κ2) is 9.15. The van der Waals surface area contributed by atoms with Crippen LogP contribution in [0.25, 0.3) is 0 Å². The minimum Gasteiger partial charge on any atom is -0.493 e. The summed E-state index contributed by atoms with van der Waals surface area (Å²) < 4.78 is 16.6. The summed E-state index contributed by atoms with van der Waals surface area (Å²) in [6.07, 6.45) is 4.33. The molecule has 1 aliphatic carbocycles. The van der Waals surface area contributed by atoms with Gasteiger partial charge in [0.15, 0.2) is 16.6 Å². The first-order chi connectivity index (χ1) is 13.6. The Hall–Kier alpha value is -2.47. The number of ether oxygens (including phenoxy) is 3. The van der Waals surface area contributed by atoms with E-state index in [0.717, 1.165) is 54.2 Å². The van der Waals surface area contributed by atoms with Crippen LogP contribution < -0.4 is 24.8 Å². The van der Waals surface area contributed by atoms with Crippen LogP contribution in [0.4, 0.5) is 5.69 Å². The van der Waals surface area contributed by atoms with E-state index in [1.165, 1.54) is 0 Å². The van der Waals surface area contributed by atoms with Crippen molar-refractivity contribution < 1.29 is 14.2 Å². The summed E-state index contributed by atoms with van der Waals surface area (Å²) in [5.41, 5.74) is 1.80. The van der Waals surface area contributed by atoms with Crippen LogP contribution in [0.1, 0.15) is 38.2 Å². The number of methoxy groups -OCH3 is 2. The van der Waals surface area contributed by atoms with Gasteiger partial charge in [-0.05, 0) is 61.8 Å². The molecule has 0 aromatic heterocycles. The molecule has 0 saturated heterocycles. The maximum Gasteiger partial charge on any atom is 0.171 e. The van der Waals surface area contributed by atoms with Gasteiger partial charge < -0.3 is 24.8 Å². The van der Waals surface area contributed by atoms with Gasteiger partial charge in [0.1, 0.15) is 5.75 Å². The highest BCUT2D eigenvalue weighted by molar-refractivity contribution is 7.80. The Morgan fingerprint density at radius 2 is 1.71 bits per heavy atom. The number of nitrogens with one attached hydrogen (secondary N) is 2. The SMILES string of the molecule is CCOc1ccccc1NC(=S)NC1(c2ccc(OC)c(OC)c2)CCCC1. The number of hydrogen-bond acceptors (Lipinski definition) is 4. The van der Waals surface area contributed by atoms with Crippen molar-refractivity contribution in [3.8, 4) is 17.2 Å². The van der Waals surface area contributed by atoms with E-state index in [0.29, 0.717) is 11.7 Å². The summed E-state index contributed by atoms with van der Waals surface area (Å²) in [5, 5.41) is 7.48. The molecule has 5 nitrogen and oxygen atoms in total. The molecule has 6 heteroatoms. The lowest BCUT2D eigenvalue weighted by molar-refractivity contribution is 0.342. The van der Waals surface area contributed by atoms with Gasteiger partial charge in [0.05, 0.1) is 32.1 Å². The molecule has 28 heavy (non-hydrogen) atoms. The lowest BCUT2D eigenvalue weighted by atomic mass is 9.88. The third kappa shape index (κ3) is 4.33. The zero-order chi connectivity index (χ0) is 20.0. The minimum atomic E-state index is -0.218. The molecule has 1 fully saturated rings. The molecular weight excluding hydrogens is 372 g/mol. The maximum atomic E-state index is 5.69. The Labute approximate surface area is 172 Å². The first kappa shape index (κ1) is 20.3. The smallest absolute Gasteiger partial charge is 0.171 e. The Kier molecular flexibility index (Phi) is 6.62. The molecular formula is C22H28N2O3S. The zero-order valence-corrected chi connectivity index (χ0v) is 17.5. The topological polar surface area (TPSA) is 51.8 Å². The number of para-hydroxylation sites is 2. The average molecular weight is 401 g/mol. The molecule has 2 N–H and O–H groups in total. The normalized spacial score (nSPS) is 15.0. The van der Waals surface area contributed by atoms with E-state index in [-0.39, 0.29) is 5.54 Å².